The van der Waals surface area contributed by atoms with Crippen molar-refractivity contribution in [1.82, 2.24) is 15.2 Å². The van der Waals surface area contributed by atoms with Crippen LogP contribution in [0, 0.1) is 12.7 Å². The molecule has 4 aromatic rings. The lowest BCUT2D eigenvalue weighted by atomic mass is 9.97. The number of hydrogen-bond donors (Lipinski definition) is 2. The largest absolute Gasteiger partial charge is 0.378 e. The minimum Gasteiger partial charge on any atom is -0.378 e. The van der Waals surface area contributed by atoms with Crippen LogP contribution in [0.3, 0.4) is 0 Å². The molecule has 1 saturated heterocycles. The first-order valence-electron chi connectivity index (χ1n) is 10.9. The Morgan fingerprint density at radius 1 is 1.21 bits per heavy atom. The zero-order chi connectivity index (χ0) is 23.1. The lowest BCUT2D eigenvalue weighted by Crippen LogP contribution is -2.51. The molecule has 6 nitrogen and oxygen atoms in total. The van der Waals surface area contributed by atoms with Gasteiger partial charge in [0.1, 0.15) is 11.5 Å². The van der Waals surface area contributed by atoms with Gasteiger partial charge in [-0.15, -0.1) is 5.10 Å². The summed E-state index contributed by atoms with van der Waals surface area (Å²) in [5, 5.41) is 10.5. The SMILES string of the molecule is COC1CN(c2c(-c3cc(C)cc(F)c3)cnnc2-c2cc3ccc(Cl)cc3[nH]2)CCC1N. The van der Waals surface area contributed by atoms with Crippen LogP contribution in [0.4, 0.5) is 10.1 Å². The lowest BCUT2D eigenvalue weighted by molar-refractivity contribution is 0.0730. The second kappa shape index (κ2) is 8.74. The van der Waals surface area contributed by atoms with Crippen LogP contribution in [0.2, 0.25) is 5.02 Å². The zero-order valence-electron chi connectivity index (χ0n) is 18.5. The van der Waals surface area contributed by atoms with Gasteiger partial charge >= 0.3 is 0 Å². The van der Waals surface area contributed by atoms with Crippen molar-refractivity contribution in [3.8, 4) is 22.5 Å². The molecule has 8 heteroatoms. The molecule has 2 aromatic carbocycles. The molecule has 2 atom stereocenters. The predicted octanol–water partition coefficient (Wildman–Crippen LogP) is 4.95. The number of benzene rings is 2. The van der Waals surface area contributed by atoms with E-state index in [1.165, 1.54) is 12.1 Å². The van der Waals surface area contributed by atoms with E-state index in [0.29, 0.717) is 17.3 Å². The fourth-order valence-electron chi connectivity index (χ4n) is 4.60. The summed E-state index contributed by atoms with van der Waals surface area (Å²) in [7, 11) is 1.68. The number of nitrogens with two attached hydrogens (primary N) is 1. The number of aromatic nitrogens is 3. The number of aromatic amines is 1. The third kappa shape index (κ3) is 4.19. The van der Waals surface area contributed by atoms with E-state index in [0.717, 1.165) is 51.9 Å². The highest BCUT2D eigenvalue weighted by molar-refractivity contribution is 6.31. The van der Waals surface area contributed by atoms with Crippen molar-refractivity contribution in [2.24, 2.45) is 5.73 Å². The van der Waals surface area contributed by atoms with Gasteiger partial charge in [-0.25, -0.2) is 4.39 Å². The maximum atomic E-state index is 14.4. The van der Waals surface area contributed by atoms with E-state index in [1.54, 1.807) is 13.3 Å². The highest BCUT2D eigenvalue weighted by Crippen LogP contribution is 2.40. The number of hydrogen-bond acceptors (Lipinski definition) is 5. The molecule has 3 heterocycles. The molecule has 3 N–H and O–H groups in total. The number of H-pyrrole nitrogens is 1. The van der Waals surface area contributed by atoms with Crippen molar-refractivity contribution in [2.45, 2.75) is 25.5 Å². The smallest absolute Gasteiger partial charge is 0.133 e. The Labute approximate surface area is 196 Å². The van der Waals surface area contributed by atoms with Crippen LogP contribution in [0.15, 0.2) is 48.7 Å². The fourth-order valence-corrected chi connectivity index (χ4v) is 4.77. The molecule has 5 rings (SSSR count). The molecule has 170 valence electrons. The Morgan fingerprint density at radius 2 is 2.06 bits per heavy atom. The number of anilines is 1. The Bertz CT molecular complexity index is 1300. The van der Waals surface area contributed by atoms with E-state index in [-0.39, 0.29) is 18.0 Å². The van der Waals surface area contributed by atoms with E-state index < -0.39 is 0 Å². The van der Waals surface area contributed by atoms with Gasteiger partial charge in [-0.3, -0.25) is 0 Å². The molecule has 0 radical (unpaired) electrons. The van der Waals surface area contributed by atoms with Gasteiger partial charge < -0.3 is 20.4 Å². The number of halogens is 2. The number of methoxy groups -OCH3 is 1. The minimum atomic E-state index is -0.287. The van der Waals surface area contributed by atoms with Crippen molar-refractivity contribution in [3.05, 3.63) is 65.1 Å². The van der Waals surface area contributed by atoms with Crippen molar-refractivity contribution in [1.29, 1.82) is 0 Å². The Balaban J connectivity index is 1.71. The van der Waals surface area contributed by atoms with Gasteiger partial charge in [0.15, 0.2) is 0 Å². The average molecular weight is 466 g/mol. The number of rotatable bonds is 4. The van der Waals surface area contributed by atoms with Gasteiger partial charge in [-0.2, -0.15) is 5.10 Å². The molecule has 0 spiro atoms. The molecule has 2 aromatic heterocycles. The van der Waals surface area contributed by atoms with Crippen molar-refractivity contribution in [3.63, 3.8) is 0 Å². The van der Waals surface area contributed by atoms with Crippen LogP contribution < -0.4 is 10.6 Å². The van der Waals surface area contributed by atoms with Gasteiger partial charge in [0.05, 0.1) is 23.7 Å². The topological polar surface area (TPSA) is 80.1 Å². The quantitative estimate of drug-likeness (QED) is 0.446. The number of aryl methyl sites for hydroxylation is 1. The zero-order valence-corrected chi connectivity index (χ0v) is 19.2. The molecule has 33 heavy (non-hydrogen) atoms. The van der Waals surface area contributed by atoms with Crippen LogP contribution in [0.25, 0.3) is 33.4 Å². The van der Waals surface area contributed by atoms with Crippen molar-refractivity contribution >= 4 is 28.2 Å². The van der Waals surface area contributed by atoms with Gasteiger partial charge in [0.25, 0.3) is 0 Å². The minimum absolute atomic E-state index is 0.0421. The highest BCUT2D eigenvalue weighted by atomic mass is 35.5. The maximum Gasteiger partial charge on any atom is 0.133 e. The number of ether oxygens (including phenoxy) is 1. The van der Waals surface area contributed by atoms with E-state index in [1.807, 2.05) is 37.3 Å². The summed E-state index contributed by atoms with van der Waals surface area (Å²) in [5.74, 6) is -0.287. The predicted molar refractivity (Wildman–Crippen MR) is 130 cm³/mol. The average Bonchev–Trinajstić information content (AvgIpc) is 3.21. The molecule has 0 aliphatic carbocycles. The Hall–Kier alpha value is -3.00. The van der Waals surface area contributed by atoms with Gasteiger partial charge in [0.2, 0.25) is 0 Å². The summed E-state index contributed by atoms with van der Waals surface area (Å²) < 4.78 is 20.0. The molecular formula is C25H25ClFN5O. The molecule has 1 fully saturated rings. The van der Waals surface area contributed by atoms with E-state index in [9.17, 15) is 4.39 Å². The Morgan fingerprint density at radius 3 is 2.85 bits per heavy atom. The first kappa shape index (κ1) is 21.8. The van der Waals surface area contributed by atoms with Crippen LogP contribution in [0.5, 0.6) is 0 Å². The number of piperidine rings is 1. The van der Waals surface area contributed by atoms with Crippen LogP contribution in [-0.4, -0.2) is 47.5 Å². The first-order chi connectivity index (χ1) is 15.9. The third-order valence-corrected chi connectivity index (χ3v) is 6.48. The van der Waals surface area contributed by atoms with Gasteiger partial charge in [-0.1, -0.05) is 23.7 Å². The third-order valence-electron chi connectivity index (χ3n) is 6.25. The second-order valence-electron chi connectivity index (χ2n) is 8.56. The summed E-state index contributed by atoms with van der Waals surface area (Å²) in [4.78, 5) is 5.64. The molecule has 0 saturated carbocycles. The summed E-state index contributed by atoms with van der Waals surface area (Å²) in [6.07, 6.45) is 2.34. The maximum absolute atomic E-state index is 14.4. The number of nitrogens with zero attached hydrogens (tertiary/aromatic N) is 3. The van der Waals surface area contributed by atoms with E-state index in [4.69, 9.17) is 22.1 Å². The molecule has 1 aliphatic heterocycles. The van der Waals surface area contributed by atoms with Gasteiger partial charge in [0, 0.05) is 47.7 Å². The number of fused-ring (bicyclic) bond motifs is 1. The van der Waals surface area contributed by atoms with Crippen LogP contribution >= 0.6 is 11.6 Å². The lowest BCUT2D eigenvalue weighted by Gasteiger charge is -2.38. The first-order valence-corrected chi connectivity index (χ1v) is 11.3. The highest BCUT2D eigenvalue weighted by Gasteiger charge is 2.30. The number of nitrogens with one attached hydrogen (secondary N) is 1. The monoisotopic (exact) mass is 465 g/mol. The normalized spacial score (nSPS) is 18.8. The second-order valence-corrected chi connectivity index (χ2v) is 9.00. The summed E-state index contributed by atoms with van der Waals surface area (Å²) in [6, 6.07) is 12.7. The van der Waals surface area contributed by atoms with E-state index in [2.05, 4.69) is 20.1 Å². The van der Waals surface area contributed by atoms with Gasteiger partial charge in [-0.05, 0) is 54.8 Å². The van der Waals surface area contributed by atoms with Crippen LogP contribution in [-0.2, 0) is 4.74 Å². The summed E-state index contributed by atoms with van der Waals surface area (Å²) in [5.41, 5.74) is 12.0. The fraction of sp³-hybridized carbons (Fsp3) is 0.280. The molecular weight excluding hydrogens is 441 g/mol. The Kier molecular flexibility index (Phi) is 5.78. The van der Waals surface area contributed by atoms with Crippen molar-refractivity contribution < 1.29 is 9.13 Å². The van der Waals surface area contributed by atoms with Crippen molar-refractivity contribution in [2.75, 3.05) is 25.1 Å². The van der Waals surface area contributed by atoms with E-state index >= 15 is 0 Å². The standard InChI is InChI=1S/C25H25ClFN5O/c1-14-7-16(9-18(27)8-14)19-12-29-31-24(22-10-15-3-4-17(26)11-21(15)30-22)25(19)32-6-5-20(28)23(13-32)33-2/h3-4,7-12,20,23,30H,5-6,13,28H2,1-2H3. The summed E-state index contributed by atoms with van der Waals surface area (Å²) >= 11 is 6.19. The summed E-state index contributed by atoms with van der Waals surface area (Å²) in [6.45, 7) is 3.21. The molecule has 2 unspecified atom stereocenters. The molecule has 0 bridgehead atoms. The molecule has 1 aliphatic rings. The molecule has 0 amide bonds. The van der Waals surface area contributed by atoms with Crippen LogP contribution in [0.1, 0.15) is 12.0 Å².